The van der Waals surface area contributed by atoms with E-state index >= 15 is 0 Å². The Hall–Kier alpha value is -1.98. The van der Waals surface area contributed by atoms with E-state index in [9.17, 15) is 5.16 Å². The molecule has 8 aromatic rings. The molecule has 14 heteroatoms. The van der Waals surface area contributed by atoms with Gasteiger partial charge in [-0.05, 0) is 90.6 Å². The van der Waals surface area contributed by atoms with Crippen molar-refractivity contribution >= 4 is 124 Å². The van der Waals surface area contributed by atoms with Gasteiger partial charge in [0.15, 0.2) is 8.24 Å². The molecule has 0 bridgehead atoms. The summed E-state index contributed by atoms with van der Waals surface area (Å²) in [5, 5.41) is 20.2. The van der Waals surface area contributed by atoms with Crippen molar-refractivity contribution in [1.29, 1.82) is 0 Å². The predicted octanol–water partition coefficient (Wildman–Crippen LogP) is 21.4. The summed E-state index contributed by atoms with van der Waals surface area (Å²) in [5.41, 5.74) is 3.24. The average Bonchev–Trinajstić information content (AvgIpc) is 3.16. The van der Waals surface area contributed by atoms with Crippen LogP contribution < -0.4 is 31.8 Å². The smallest absolute Gasteiger partial charge is 0.0372 e. The van der Waals surface area contributed by atoms with E-state index in [-0.39, 0.29) is 14.9 Å². The molecule has 2 nitrogen and oxygen atoms in total. The molecule has 2 saturated carbocycles. The van der Waals surface area contributed by atoms with Crippen LogP contribution in [-0.4, -0.2) is 18.7 Å². The summed E-state index contributed by atoms with van der Waals surface area (Å²) in [6.07, 6.45) is 0. The molecule has 0 spiro atoms. The van der Waals surface area contributed by atoms with Gasteiger partial charge in [0, 0.05) is 39.2 Å². The Morgan fingerprint density at radius 2 is 0.627 bits per heavy atom. The number of fused-ring (bicyclic) bond motifs is 6. The summed E-state index contributed by atoms with van der Waals surface area (Å²) >= 11 is 1.77. The summed E-state index contributed by atoms with van der Waals surface area (Å²) in [7, 11) is 18.5. The van der Waals surface area contributed by atoms with Crippen LogP contribution in [0.3, 0.4) is 0 Å². The molecular weight excluding hydrogens is 1280 g/mol. The molecule has 0 N–H and O–H groups in total. The summed E-state index contributed by atoms with van der Waals surface area (Å²) in [5.74, 6) is 6.81. The van der Waals surface area contributed by atoms with Crippen LogP contribution in [0.4, 0.5) is 0 Å². The number of nitrogens with zero attached hydrogens (tertiary/aromatic N) is 2. The Balaban J connectivity index is 0.000000196. The van der Waals surface area contributed by atoms with E-state index in [2.05, 4.69) is 224 Å². The van der Waals surface area contributed by atoms with E-state index in [1.165, 1.54) is 25.7 Å². The van der Waals surface area contributed by atoms with Gasteiger partial charge in [0.05, 0.1) is 0 Å². The van der Waals surface area contributed by atoms with Gasteiger partial charge in [-0.1, -0.05) is 280 Å². The van der Waals surface area contributed by atoms with E-state index in [0.717, 1.165) is 73.8 Å². The fourth-order valence-electron chi connectivity index (χ4n) is 12.1. The quantitative estimate of drug-likeness (QED) is 0.0905. The summed E-state index contributed by atoms with van der Waals surface area (Å²) in [6.45, 7) is 21.6. The largest absolute Gasteiger partial charge is 0.797 e. The van der Waals surface area contributed by atoms with E-state index in [4.69, 9.17) is 50.9 Å². The molecule has 2 heterocycles. The van der Waals surface area contributed by atoms with Gasteiger partial charge in [0.1, 0.15) is 0 Å². The van der Waals surface area contributed by atoms with Gasteiger partial charge in [-0.3, -0.25) is 0 Å². The van der Waals surface area contributed by atoms with Crippen LogP contribution in [0.1, 0.15) is 64.5 Å². The first kappa shape index (κ1) is 71.8. The third-order valence-corrected chi connectivity index (χ3v) is 29.6. The Bertz CT molecular complexity index is 3000. The van der Waals surface area contributed by atoms with Crippen molar-refractivity contribution < 1.29 is 31.7 Å². The maximum atomic E-state index is 11.5. The van der Waals surface area contributed by atoms with Gasteiger partial charge < -0.3 is 24.4 Å². The summed E-state index contributed by atoms with van der Waals surface area (Å²) in [4.78, 5) is 3.08. The number of hydrogen-bond acceptors (Lipinski definition) is 3. The van der Waals surface area contributed by atoms with Crippen molar-refractivity contribution in [2.45, 2.75) is 93.3 Å². The second-order valence-electron chi connectivity index (χ2n) is 22.3. The SMILES string of the molecule is CC1C(C)C2Sc3ccccc3C2C1C.CC1C(C)C2Sc3ccccc3C2C1C.C[Si](C)(C)N=P(c1ccccc1)(c1ccccc1)c1ccccc1.[CH3-].[CH3-].[Cl][Ti+]([Cl])[Cl].[Cl][Ti][Cl].[N-]=P(c1ccccc1)(c1ccccc1)c1ccccc1. The van der Waals surface area contributed by atoms with Crippen LogP contribution in [0.25, 0.3) is 5.16 Å². The Morgan fingerprint density at radius 1 is 0.398 bits per heavy atom. The zero-order valence-electron chi connectivity index (χ0n) is 49.7. The Labute approximate surface area is 545 Å². The standard InChI is InChI=1S/C21H24NPSi.C18H15NP.2C14H18S.2CH3.5ClH.2Ti/c1-24(2,3)22-23(19-13-7-4-8-14-19,20-15-9-5-10-16-20)21-17-11-6-12-18-21;19-20(16-10-4-1-5-11-16,17-12-6-2-7-13-17)18-14-8-3-9-15-18;2*1-8-9(2)13-11-6-4-5-7-12(11)15-14(13)10(8)3;;;;;;;;;/h4-18H,1-3H3;1-15H;2*4-10,13-14H,1-3H3;2*1H3;5*1H;;/q;-1;;;2*-1;;;;;;+2;+4/p-5. The Kier molecular flexibility index (Phi) is 29.5. The fourth-order valence-corrected chi connectivity index (χ4v) is 26.1. The molecule has 438 valence electrons. The van der Waals surface area contributed by atoms with Crippen LogP contribution in [0, 0.1) is 50.4 Å². The molecule has 4 aliphatic rings. The minimum atomic E-state index is -2.53. The van der Waals surface area contributed by atoms with Gasteiger partial charge in [0.25, 0.3) is 0 Å². The minimum absolute atomic E-state index is 0. The van der Waals surface area contributed by atoms with Gasteiger partial charge in [-0.15, -0.1) is 30.6 Å². The number of rotatable bonds is 7. The number of thioether (sulfide) groups is 2. The maximum absolute atomic E-state index is 11.5. The molecule has 10 unspecified atom stereocenters. The van der Waals surface area contributed by atoms with Crippen molar-refractivity contribution in [2.24, 2.45) is 39.9 Å². The van der Waals surface area contributed by atoms with E-state index in [1.54, 1.807) is 11.1 Å². The first-order valence-corrected chi connectivity index (χ1v) is 47.2. The molecule has 0 aromatic heterocycles. The van der Waals surface area contributed by atoms with Crippen LogP contribution >= 0.6 is 84.2 Å². The van der Waals surface area contributed by atoms with Crippen LogP contribution in [0.5, 0.6) is 0 Å². The van der Waals surface area contributed by atoms with Crippen LogP contribution in [0.2, 0.25) is 19.6 Å². The average molecular weight is 1370 g/mol. The first-order valence-electron chi connectivity index (χ1n) is 27.8. The van der Waals surface area contributed by atoms with Gasteiger partial charge >= 0.3 is 78.2 Å². The molecule has 83 heavy (non-hydrogen) atoms. The topological polar surface area (TPSA) is 34.7 Å². The predicted molar refractivity (Wildman–Crippen MR) is 374 cm³/mol. The van der Waals surface area contributed by atoms with Crippen LogP contribution in [0.15, 0.2) is 245 Å². The third-order valence-electron chi connectivity index (χ3n) is 16.5. The molecule has 0 saturated heterocycles. The normalized spacial score (nSPS) is 22.1. The molecule has 2 aliphatic heterocycles. The van der Waals surface area contributed by atoms with Crippen molar-refractivity contribution in [3.05, 3.63) is 262 Å². The van der Waals surface area contributed by atoms with E-state index in [0.29, 0.717) is 0 Å². The maximum Gasteiger partial charge on any atom is -0.0372 e. The molecule has 0 radical (unpaired) electrons. The molecule has 2 fully saturated rings. The molecule has 12 rings (SSSR count). The van der Waals surface area contributed by atoms with Crippen molar-refractivity contribution in [3.63, 3.8) is 0 Å². The number of benzene rings is 8. The van der Waals surface area contributed by atoms with Crippen LogP contribution in [-0.2, 0) is 31.7 Å². The monoisotopic (exact) mass is 1360 g/mol. The van der Waals surface area contributed by atoms with Crippen molar-refractivity contribution in [2.75, 3.05) is 0 Å². The molecule has 0 amide bonds. The Morgan fingerprint density at radius 3 is 0.880 bits per heavy atom. The third kappa shape index (κ3) is 17.7. The zero-order chi connectivity index (χ0) is 58.3. The zero-order valence-corrected chi connectivity index (χ0v) is 61.0. The van der Waals surface area contributed by atoms with Gasteiger partial charge in [-0.25, -0.2) is 0 Å². The number of hydrogen-bond donors (Lipinski definition) is 0. The number of halogens is 5. The molecule has 2 aliphatic carbocycles. The fraction of sp³-hybridized carbons (Fsp3) is 0.275. The molecular formula is C69H81Cl5N2P2S2SiTi2-2. The summed E-state index contributed by atoms with van der Waals surface area (Å²) < 4.78 is 5.60. The van der Waals surface area contributed by atoms with E-state index < -0.39 is 54.1 Å². The first-order chi connectivity index (χ1) is 38.9. The second-order valence-corrected chi connectivity index (χ2v) is 45.8. The second kappa shape index (κ2) is 34.1. The van der Waals surface area contributed by atoms with Crippen molar-refractivity contribution in [1.82, 2.24) is 0 Å². The molecule has 10 atom stereocenters. The van der Waals surface area contributed by atoms with Gasteiger partial charge in [0.2, 0.25) is 0 Å². The van der Waals surface area contributed by atoms with E-state index in [1.807, 2.05) is 91.0 Å². The minimum Gasteiger partial charge on any atom is -0.797 e. The van der Waals surface area contributed by atoms with Gasteiger partial charge in [-0.2, -0.15) is 0 Å². The van der Waals surface area contributed by atoms with Crippen molar-refractivity contribution in [3.8, 4) is 0 Å². The molecule has 8 aromatic carbocycles. The summed E-state index contributed by atoms with van der Waals surface area (Å²) in [6, 6.07) is 80.4.